The summed E-state index contributed by atoms with van der Waals surface area (Å²) in [5.41, 5.74) is 1.00. The van der Waals surface area contributed by atoms with E-state index in [1.807, 2.05) is 6.07 Å². The average Bonchev–Trinajstić information content (AvgIpc) is 2.55. The highest BCUT2D eigenvalue weighted by atomic mass is 16.6. The van der Waals surface area contributed by atoms with Crippen molar-refractivity contribution in [1.82, 2.24) is 4.57 Å². The van der Waals surface area contributed by atoms with Crippen LogP contribution in [0, 0.1) is 21.4 Å². The molecule has 5 nitrogen and oxygen atoms in total. The Bertz CT molecular complexity index is 592. The topological polar surface area (TPSA) is 71.9 Å². The minimum Gasteiger partial charge on any atom is -0.349 e. The molecule has 5 heteroatoms. The van der Waals surface area contributed by atoms with E-state index in [1.165, 1.54) is 6.07 Å². The van der Waals surface area contributed by atoms with Gasteiger partial charge in [0.05, 0.1) is 21.4 Å². The van der Waals surface area contributed by atoms with E-state index in [1.54, 1.807) is 29.9 Å². The molecule has 0 saturated carbocycles. The highest BCUT2D eigenvalue weighted by Gasteiger charge is 2.17. The summed E-state index contributed by atoms with van der Waals surface area (Å²) in [5.74, 6) is 0. The van der Waals surface area contributed by atoms with Gasteiger partial charge in [-0.1, -0.05) is 6.07 Å². The Morgan fingerprint density at radius 2 is 2.27 bits per heavy atom. The molecule has 0 bridgehead atoms. The zero-order valence-corrected chi connectivity index (χ0v) is 7.97. The van der Waals surface area contributed by atoms with Crippen molar-refractivity contribution >= 4 is 16.6 Å². The van der Waals surface area contributed by atoms with Crippen LogP contribution in [0.25, 0.3) is 10.9 Å². The monoisotopic (exact) mass is 201 g/mol. The molecule has 0 N–H and O–H groups in total. The van der Waals surface area contributed by atoms with Crippen LogP contribution in [0.1, 0.15) is 5.56 Å². The van der Waals surface area contributed by atoms with Crippen LogP contribution in [0.3, 0.4) is 0 Å². The molecule has 1 aromatic heterocycles. The van der Waals surface area contributed by atoms with E-state index < -0.39 is 4.92 Å². The Balaban J connectivity index is 2.96. The van der Waals surface area contributed by atoms with Gasteiger partial charge in [-0.25, -0.2) is 0 Å². The summed E-state index contributed by atoms with van der Waals surface area (Å²) in [5, 5.41) is 20.1. The second-order valence-electron chi connectivity index (χ2n) is 3.19. The number of aryl methyl sites for hydroxylation is 1. The van der Waals surface area contributed by atoms with Crippen LogP contribution in [0.4, 0.5) is 5.69 Å². The van der Waals surface area contributed by atoms with Crippen molar-refractivity contribution < 1.29 is 4.92 Å². The number of aromatic nitrogens is 1. The van der Waals surface area contributed by atoms with Gasteiger partial charge < -0.3 is 4.57 Å². The highest BCUT2D eigenvalue weighted by molar-refractivity contribution is 5.94. The fourth-order valence-electron chi connectivity index (χ4n) is 1.66. The molecule has 1 aromatic carbocycles. The summed E-state index contributed by atoms with van der Waals surface area (Å²) in [6, 6.07) is 6.73. The first-order chi connectivity index (χ1) is 7.15. The molecule has 2 rings (SSSR count). The molecule has 0 aliphatic heterocycles. The zero-order valence-electron chi connectivity index (χ0n) is 7.97. The lowest BCUT2D eigenvalue weighted by Gasteiger charge is -1.96. The first kappa shape index (κ1) is 9.21. The van der Waals surface area contributed by atoms with E-state index >= 15 is 0 Å². The molecule has 2 aromatic rings. The molecule has 15 heavy (non-hydrogen) atoms. The standard InChI is InChI=1S/C10H7N3O2/c1-12-6-7(5-11)10-8(12)3-2-4-9(10)13(14)15/h2-4,6H,1H3. The van der Waals surface area contributed by atoms with Crippen LogP contribution < -0.4 is 0 Å². The smallest absolute Gasteiger partial charge is 0.280 e. The van der Waals surface area contributed by atoms with Crippen molar-refractivity contribution in [3.05, 3.63) is 40.1 Å². The van der Waals surface area contributed by atoms with Crippen LogP contribution >= 0.6 is 0 Å². The van der Waals surface area contributed by atoms with Gasteiger partial charge in [-0.05, 0) is 6.07 Å². The van der Waals surface area contributed by atoms with E-state index in [-0.39, 0.29) is 5.69 Å². The Morgan fingerprint density at radius 3 is 2.87 bits per heavy atom. The van der Waals surface area contributed by atoms with Crippen LogP contribution in [0.2, 0.25) is 0 Å². The molecule has 0 saturated heterocycles. The third-order valence-corrected chi connectivity index (χ3v) is 2.31. The van der Waals surface area contributed by atoms with Crippen LogP contribution in [0.5, 0.6) is 0 Å². The fraction of sp³-hybridized carbons (Fsp3) is 0.100. The number of nitro benzene ring substituents is 1. The van der Waals surface area contributed by atoms with E-state index in [9.17, 15) is 10.1 Å². The molecule has 1 heterocycles. The SMILES string of the molecule is Cn1cc(C#N)c2c([N+](=O)[O-])cccc21. The molecular weight excluding hydrogens is 194 g/mol. The lowest BCUT2D eigenvalue weighted by Crippen LogP contribution is -1.90. The third kappa shape index (κ3) is 1.23. The number of non-ortho nitro benzene ring substituents is 1. The second-order valence-corrected chi connectivity index (χ2v) is 3.19. The van der Waals surface area contributed by atoms with Crippen molar-refractivity contribution in [2.75, 3.05) is 0 Å². The maximum absolute atomic E-state index is 10.8. The van der Waals surface area contributed by atoms with Gasteiger partial charge in [0, 0.05) is 19.3 Å². The molecule has 74 valence electrons. The Labute approximate surface area is 85.3 Å². The van der Waals surface area contributed by atoms with E-state index in [0.29, 0.717) is 16.5 Å². The predicted octanol–water partition coefficient (Wildman–Crippen LogP) is 1.96. The van der Waals surface area contributed by atoms with Crippen molar-refractivity contribution in [2.24, 2.45) is 7.05 Å². The average molecular weight is 201 g/mol. The summed E-state index contributed by atoms with van der Waals surface area (Å²) in [4.78, 5) is 10.3. The van der Waals surface area contributed by atoms with Gasteiger partial charge in [0.25, 0.3) is 5.69 Å². The number of nitrogens with zero attached hydrogens (tertiary/aromatic N) is 3. The Kier molecular flexibility index (Phi) is 1.90. The normalized spacial score (nSPS) is 10.1. The molecule has 0 amide bonds. The van der Waals surface area contributed by atoms with Gasteiger partial charge in [0.1, 0.15) is 6.07 Å². The summed E-state index contributed by atoms with van der Waals surface area (Å²) in [6.07, 6.45) is 1.59. The highest BCUT2D eigenvalue weighted by Crippen LogP contribution is 2.29. The number of benzene rings is 1. The molecule has 0 unspecified atom stereocenters. The first-order valence-corrected chi connectivity index (χ1v) is 4.27. The Hall–Kier alpha value is -2.35. The second kappa shape index (κ2) is 3.10. The fourth-order valence-corrected chi connectivity index (χ4v) is 1.66. The number of rotatable bonds is 1. The maximum Gasteiger partial charge on any atom is 0.280 e. The van der Waals surface area contributed by atoms with Crippen molar-refractivity contribution in [2.45, 2.75) is 0 Å². The molecule has 0 spiro atoms. The number of nitro groups is 1. The largest absolute Gasteiger partial charge is 0.349 e. The van der Waals surface area contributed by atoms with Crippen molar-refractivity contribution in [3.63, 3.8) is 0 Å². The van der Waals surface area contributed by atoms with Crippen molar-refractivity contribution in [1.29, 1.82) is 5.26 Å². The lowest BCUT2D eigenvalue weighted by molar-refractivity contribution is -0.383. The molecular formula is C10H7N3O2. The molecule has 0 fully saturated rings. The maximum atomic E-state index is 10.8. The summed E-state index contributed by atoms with van der Waals surface area (Å²) < 4.78 is 1.71. The van der Waals surface area contributed by atoms with Gasteiger partial charge in [0.2, 0.25) is 0 Å². The number of hydrogen-bond acceptors (Lipinski definition) is 3. The summed E-state index contributed by atoms with van der Waals surface area (Å²) in [7, 11) is 1.76. The first-order valence-electron chi connectivity index (χ1n) is 4.27. The van der Waals surface area contributed by atoms with Crippen LogP contribution in [0.15, 0.2) is 24.4 Å². The number of hydrogen-bond donors (Lipinski definition) is 0. The number of fused-ring (bicyclic) bond motifs is 1. The quantitative estimate of drug-likeness (QED) is 0.523. The van der Waals surface area contributed by atoms with Crippen molar-refractivity contribution in [3.8, 4) is 6.07 Å². The lowest BCUT2D eigenvalue weighted by atomic mass is 10.1. The molecule has 0 radical (unpaired) electrons. The van der Waals surface area contributed by atoms with E-state index in [0.717, 1.165) is 0 Å². The van der Waals surface area contributed by atoms with Gasteiger partial charge in [0.15, 0.2) is 0 Å². The zero-order chi connectivity index (χ0) is 11.0. The molecule has 0 aliphatic rings. The van der Waals surface area contributed by atoms with Gasteiger partial charge >= 0.3 is 0 Å². The molecule has 0 atom stereocenters. The number of nitriles is 1. The van der Waals surface area contributed by atoms with Gasteiger partial charge in [-0.3, -0.25) is 10.1 Å². The van der Waals surface area contributed by atoms with Crippen LogP contribution in [-0.4, -0.2) is 9.49 Å². The third-order valence-electron chi connectivity index (χ3n) is 2.31. The predicted molar refractivity (Wildman–Crippen MR) is 54.3 cm³/mol. The Morgan fingerprint density at radius 1 is 1.53 bits per heavy atom. The van der Waals surface area contributed by atoms with Gasteiger partial charge in [-0.2, -0.15) is 5.26 Å². The van der Waals surface area contributed by atoms with Crippen LogP contribution in [-0.2, 0) is 7.05 Å². The minimum atomic E-state index is -0.469. The minimum absolute atomic E-state index is 0.0235. The van der Waals surface area contributed by atoms with E-state index in [2.05, 4.69) is 0 Å². The van der Waals surface area contributed by atoms with Gasteiger partial charge in [-0.15, -0.1) is 0 Å². The summed E-state index contributed by atoms with van der Waals surface area (Å²) >= 11 is 0. The summed E-state index contributed by atoms with van der Waals surface area (Å²) in [6.45, 7) is 0. The van der Waals surface area contributed by atoms with E-state index in [4.69, 9.17) is 5.26 Å². The molecule has 0 aliphatic carbocycles.